The fourth-order valence-corrected chi connectivity index (χ4v) is 3.19. The number of carbonyl (C=O) groups excluding carboxylic acids is 1. The van der Waals surface area contributed by atoms with E-state index in [0.717, 1.165) is 12.1 Å². The van der Waals surface area contributed by atoms with Gasteiger partial charge in [0.25, 0.3) is 0 Å². The van der Waals surface area contributed by atoms with Crippen LogP contribution in [-0.4, -0.2) is 11.0 Å². The minimum Gasteiger partial charge on any atom is -0.325 e. The molecule has 2 aromatic carbocycles. The zero-order valence-corrected chi connectivity index (χ0v) is 16.8. The van der Waals surface area contributed by atoms with Gasteiger partial charge in [-0.15, -0.1) is 0 Å². The molecule has 1 atom stereocenters. The van der Waals surface area contributed by atoms with Gasteiger partial charge in [0, 0.05) is 16.4 Å². The maximum Gasteiger partial charge on any atom is 0.416 e. The molecule has 30 heavy (non-hydrogen) atoms. The molecule has 0 spiro atoms. The zero-order valence-electron chi connectivity index (χ0n) is 15.2. The number of benzene rings is 2. The molecule has 152 valence electrons. The van der Waals surface area contributed by atoms with Crippen molar-refractivity contribution in [3.63, 3.8) is 0 Å². The highest BCUT2D eigenvalue weighted by Crippen LogP contribution is 2.32. The first-order chi connectivity index (χ1) is 14.3. The summed E-state index contributed by atoms with van der Waals surface area (Å²) in [6.07, 6.45) is -2.93. The molecule has 0 aliphatic carbocycles. The van der Waals surface area contributed by atoms with Crippen LogP contribution in [0.15, 0.2) is 71.3 Å². The molecule has 0 bridgehead atoms. The lowest BCUT2D eigenvalue weighted by Gasteiger charge is -2.21. The fraction of sp³-hybridized carbons (Fsp3) is 0.0952. The molecule has 2 N–H and O–H groups in total. The van der Waals surface area contributed by atoms with Crippen molar-refractivity contribution in [1.29, 1.82) is 5.26 Å². The van der Waals surface area contributed by atoms with Crippen molar-refractivity contribution >= 4 is 27.6 Å². The van der Waals surface area contributed by atoms with Gasteiger partial charge >= 0.3 is 12.2 Å². The lowest BCUT2D eigenvalue weighted by molar-refractivity contribution is -0.137. The van der Waals surface area contributed by atoms with Crippen LogP contribution >= 0.6 is 15.9 Å². The van der Waals surface area contributed by atoms with Gasteiger partial charge in [-0.05, 0) is 70.0 Å². The van der Waals surface area contributed by atoms with Gasteiger partial charge in [0.05, 0.1) is 28.9 Å². The molecule has 0 saturated carbocycles. The average molecular weight is 475 g/mol. The van der Waals surface area contributed by atoms with Crippen molar-refractivity contribution in [2.75, 3.05) is 5.32 Å². The molecule has 0 fully saturated rings. The summed E-state index contributed by atoms with van der Waals surface area (Å²) >= 11 is 3.37. The predicted molar refractivity (Wildman–Crippen MR) is 109 cm³/mol. The first-order valence-electron chi connectivity index (χ1n) is 8.63. The highest BCUT2D eigenvalue weighted by Gasteiger charge is 2.30. The van der Waals surface area contributed by atoms with Gasteiger partial charge < -0.3 is 10.6 Å². The van der Waals surface area contributed by atoms with Crippen molar-refractivity contribution in [3.05, 3.63) is 93.7 Å². The van der Waals surface area contributed by atoms with Crippen molar-refractivity contribution in [2.24, 2.45) is 0 Å². The van der Waals surface area contributed by atoms with E-state index >= 15 is 0 Å². The zero-order chi connectivity index (χ0) is 21.7. The third kappa shape index (κ3) is 5.15. The molecule has 0 aliphatic heterocycles. The van der Waals surface area contributed by atoms with Gasteiger partial charge in [0.15, 0.2) is 0 Å². The van der Waals surface area contributed by atoms with Crippen LogP contribution < -0.4 is 10.6 Å². The Hall–Kier alpha value is -3.38. The van der Waals surface area contributed by atoms with Crippen LogP contribution in [0.2, 0.25) is 0 Å². The molecule has 3 rings (SSSR count). The quantitative estimate of drug-likeness (QED) is 0.513. The van der Waals surface area contributed by atoms with E-state index in [9.17, 15) is 18.0 Å². The SMILES string of the molecule is N#Cc1ccc(NC(=O)NC(c2ccc(C(F)(F)F)cc2)c2ncccc2Br)cc1. The Morgan fingerprint density at radius 3 is 2.30 bits per heavy atom. The number of urea groups is 1. The highest BCUT2D eigenvalue weighted by molar-refractivity contribution is 9.10. The molecule has 1 aromatic heterocycles. The molecule has 0 radical (unpaired) electrons. The lowest BCUT2D eigenvalue weighted by atomic mass is 10.0. The number of nitriles is 1. The van der Waals surface area contributed by atoms with Crippen molar-refractivity contribution in [1.82, 2.24) is 10.3 Å². The van der Waals surface area contributed by atoms with Crippen LogP contribution in [0, 0.1) is 11.3 Å². The first-order valence-corrected chi connectivity index (χ1v) is 9.42. The van der Waals surface area contributed by atoms with Crippen molar-refractivity contribution in [2.45, 2.75) is 12.2 Å². The molecule has 0 aliphatic rings. The van der Waals surface area contributed by atoms with Crippen LogP contribution in [0.3, 0.4) is 0 Å². The number of rotatable bonds is 4. The Morgan fingerprint density at radius 1 is 1.07 bits per heavy atom. The smallest absolute Gasteiger partial charge is 0.325 e. The number of amides is 2. The summed E-state index contributed by atoms with van der Waals surface area (Å²) < 4.78 is 39.3. The molecule has 5 nitrogen and oxygen atoms in total. The number of aromatic nitrogens is 1. The number of halogens is 4. The number of anilines is 1. The van der Waals surface area contributed by atoms with Gasteiger partial charge in [-0.25, -0.2) is 4.79 Å². The third-order valence-corrected chi connectivity index (χ3v) is 4.85. The van der Waals surface area contributed by atoms with E-state index in [1.807, 2.05) is 6.07 Å². The normalized spacial score (nSPS) is 12.0. The van der Waals surface area contributed by atoms with E-state index in [4.69, 9.17) is 5.26 Å². The maximum absolute atomic E-state index is 12.9. The Labute approximate surface area is 178 Å². The number of nitrogens with zero attached hydrogens (tertiary/aromatic N) is 2. The second kappa shape index (κ2) is 8.97. The predicted octanol–water partition coefficient (Wildman–Crippen LogP) is 5.65. The molecule has 0 saturated heterocycles. The molecule has 1 heterocycles. The van der Waals surface area contributed by atoms with E-state index in [1.165, 1.54) is 18.3 Å². The number of carbonyl (C=O) groups is 1. The lowest BCUT2D eigenvalue weighted by Crippen LogP contribution is -2.34. The van der Waals surface area contributed by atoms with Crippen LogP contribution in [-0.2, 0) is 6.18 Å². The summed E-state index contributed by atoms with van der Waals surface area (Å²) in [4.78, 5) is 16.8. The average Bonchev–Trinajstić information content (AvgIpc) is 2.73. The minimum absolute atomic E-state index is 0.428. The number of alkyl halides is 3. The largest absolute Gasteiger partial charge is 0.416 e. The van der Waals surface area contributed by atoms with E-state index in [-0.39, 0.29) is 0 Å². The first kappa shape index (κ1) is 21.3. The molecule has 1 unspecified atom stereocenters. The van der Waals surface area contributed by atoms with Crippen LogP contribution in [0.4, 0.5) is 23.7 Å². The summed E-state index contributed by atoms with van der Waals surface area (Å²) in [5.74, 6) is 0. The molecule has 9 heteroatoms. The molecule has 3 aromatic rings. The van der Waals surface area contributed by atoms with Gasteiger partial charge in [0.1, 0.15) is 0 Å². The van der Waals surface area contributed by atoms with Crippen LogP contribution in [0.5, 0.6) is 0 Å². The summed E-state index contributed by atoms with van der Waals surface area (Å²) in [5.41, 5.74) is 0.982. The Morgan fingerprint density at radius 2 is 1.73 bits per heavy atom. The monoisotopic (exact) mass is 474 g/mol. The molecular weight excluding hydrogens is 461 g/mol. The topological polar surface area (TPSA) is 77.8 Å². The summed E-state index contributed by atoms with van der Waals surface area (Å²) in [5, 5.41) is 14.2. The van der Waals surface area contributed by atoms with Gasteiger partial charge in [-0.3, -0.25) is 4.98 Å². The number of nitrogens with one attached hydrogen (secondary N) is 2. The van der Waals surface area contributed by atoms with Crippen molar-refractivity contribution in [3.8, 4) is 6.07 Å². The Bertz CT molecular complexity index is 1080. The number of pyridine rings is 1. The van der Waals surface area contributed by atoms with E-state index in [0.29, 0.717) is 27.0 Å². The molecule has 2 amide bonds. The Kier molecular flexibility index (Phi) is 6.37. The van der Waals surface area contributed by atoms with E-state index in [2.05, 4.69) is 31.5 Å². The maximum atomic E-state index is 12.9. The summed E-state index contributed by atoms with van der Waals surface area (Å²) in [6.45, 7) is 0. The summed E-state index contributed by atoms with van der Waals surface area (Å²) in [7, 11) is 0. The fourth-order valence-electron chi connectivity index (χ4n) is 2.71. The standard InChI is InChI=1S/C21H14BrF3N4O/c22-17-2-1-11-27-19(17)18(14-5-7-15(8-6-14)21(23,24)25)29-20(30)28-16-9-3-13(12-26)4-10-16/h1-11,18H,(H2,28,29,30). The van der Waals surface area contributed by atoms with Crippen LogP contribution in [0.25, 0.3) is 0 Å². The molecular formula is C21H14BrF3N4O. The minimum atomic E-state index is -4.46. The number of hydrogen-bond acceptors (Lipinski definition) is 3. The number of hydrogen-bond donors (Lipinski definition) is 2. The van der Waals surface area contributed by atoms with Gasteiger partial charge in [-0.2, -0.15) is 18.4 Å². The van der Waals surface area contributed by atoms with E-state index in [1.54, 1.807) is 36.4 Å². The van der Waals surface area contributed by atoms with Gasteiger partial charge in [-0.1, -0.05) is 12.1 Å². The van der Waals surface area contributed by atoms with E-state index < -0.39 is 23.8 Å². The second-order valence-corrected chi connectivity index (χ2v) is 7.07. The van der Waals surface area contributed by atoms with Crippen LogP contribution in [0.1, 0.15) is 28.4 Å². The van der Waals surface area contributed by atoms with Gasteiger partial charge in [0.2, 0.25) is 0 Å². The van der Waals surface area contributed by atoms with Crippen molar-refractivity contribution < 1.29 is 18.0 Å². The summed E-state index contributed by atoms with van der Waals surface area (Å²) in [6, 6.07) is 14.8. The second-order valence-electron chi connectivity index (χ2n) is 6.21. The Balaban J connectivity index is 1.87. The third-order valence-electron chi connectivity index (χ3n) is 4.18. The highest BCUT2D eigenvalue weighted by atomic mass is 79.9.